The van der Waals surface area contributed by atoms with E-state index in [9.17, 15) is 9.59 Å². The molecule has 166 valence electrons. The number of carbonyl (C=O) groups is 2. The molecule has 1 aliphatic heterocycles. The number of nitrogens with zero attached hydrogens (tertiary/aromatic N) is 2. The van der Waals surface area contributed by atoms with E-state index in [2.05, 4.69) is 17.1 Å². The fourth-order valence-corrected chi connectivity index (χ4v) is 4.10. The molecule has 3 rings (SSSR count). The number of amides is 2. The first-order valence-electron chi connectivity index (χ1n) is 11.0. The fraction of sp³-hybridized carbons (Fsp3) is 0.440. The van der Waals surface area contributed by atoms with Gasteiger partial charge in [-0.25, -0.2) is 0 Å². The third kappa shape index (κ3) is 5.85. The molecule has 1 atom stereocenters. The molecule has 6 heteroatoms. The van der Waals surface area contributed by atoms with Crippen molar-refractivity contribution in [1.82, 2.24) is 15.1 Å². The van der Waals surface area contributed by atoms with Crippen LogP contribution in [0.25, 0.3) is 0 Å². The molecular weight excluding hydrogens is 390 g/mol. The topological polar surface area (TPSA) is 61.9 Å². The molecule has 1 N–H and O–H groups in total. The molecule has 1 heterocycles. The molecule has 0 aliphatic carbocycles. The quantitative estimate of drug-likeness (QED) is 0.709. The zero-order chi connectivity index (χ0) is 22.2. The van der Waals surface area contributed by atoms with E-state index in [4.69, 9.17) is 4.74 Å². The molecule has 2 aromatic rings. The van der Waals surface area contributed by atoms with Crippen LogP contribution in [0.15, 0.2) is 54.6 Å². The third-order valence-electron chi connectivity index (χ3n) is 6.03. The predicted octanol–water partition coefficient (Wildman–Crippen LogP) is 3.04. The largest absolute Gasteiger partial charge is 0.496 e. The van der Waals surface area contributed by atoms with Crippen LogP contribution in [-0.2, 0) is 16.0 Å². The number of ether oxygens (including phenoxy) is 1. The highest BCUT2D eigenvalue weighted by Gasteiger charge is 2.29. The lowest BCUT2D eigenvalue weighted by Gasteiger charge is -2.34. The lowest BCUT2D eigenvalue weighted by atomic mass is 10.0. The van der Waals surface area contributed by atoms with E-state index in [0.29, 0.717) is 19.5 Å². The molecule has 0 spiro atoms. The van der Waals surface area contributed by atoms with E-state index in [1.54, 1.807) is 7.11 Å². The Morgan fingerprint density at radius 3 is 2.39 bits per heavy atom. The van der Waals surface area contributed by atoms with Crippen molar-refractivity contribution in [3.05, 3.63) is 65.7 Å². The van der Waals surface area contributed by atoms with Gasteiger partial charge in [0, 0.05) is 24.7 Å². The highest BCUT2D eigenvalue weighted by Crippen LogP contribution is 2.22. The maximum Gasteiger partial charge on any atom is 0.242 e. The number of hydrogen-bond acceptors (Lipinski definition) is 4. The summed E-state index contributed by atoms with van der Waals surface area (Å²) < 4.78 is 5.36. The van der Waals surface area contributed by atoms with Gasteiger partial charge in [-0.15, -0.1) is 0 Å². The molecule has 2 aromatic carbocycles. The number of likely N-dealkylation sites (N-methyl/N-ethyl adjacent to an activating group) is 1. The van der Waals surface area contributed by atoms with Crippen LogP contribution in [0.2, 0.25) is 0 Å². The number of carbonyl (C=O) groups excluding carboxylic acids is 2. The summed E-state index contributed by atoms with van der Waals surface area (Å²) in [5, 5.41) is 3.22. The van der Waals surface area contributed by atoms with Gasteiger partial charge in [0.05, 0.1) is 13.5 Å². The van der Waals surface area contributed by atoms with Gasteiger partial charge in [0.25, 0.3) is 0 Å². The Morgan fingerprint density at radius 1 is 1.10 bits per heavy atom. The summed E-state index contributed by atoms with van der Waals surface area (Å²) in [5.41, 5.74) is 1.90. The highest BCUT2D eigenvalue weighted by molar-refractivity contribution is 5.83. The Morgan fingerprint density at radius 2 is 1.74 bits per heavy atom. The first kappa shape index (κ1) is 22.8. The van der Waals surface area contributed by atoms with E-state index in [1.165, 1.54) is 0 Å². The Labute approximate surface area is 185 Å². The van der Waals surface area contributed by atoms with Gasteiger partial charge in [-0.2, -0.15) is 0 Å². The molecule has 0 aromatic heterocycles. The zero-order valence-electron chi connectivity index (χ0n) is 18.7. The number of methoxy groups -OCH3 is 1. The van der Waals surface area contributed by atoms with E-state index < -0.39 is 0 Å². The number of benzene rings is 2. The first-order chi connectivity index (χ1) is 15.0. The molecular formula is C25H33N3O3. The lowest BCUT2D eigenvalue weighted by molar-refractivity contribution is -0.132. The summed E-state index contributed by atoms with van der Waals surface area (Å²) in [7, 11) is 3.59. The van der Waals surface area contributed by atoms with E-state index in [0.717, 1.165) is 36.3 Å². The fourth-order valence-electron chi connectivity index (χ4n) is 4.10. The maximum absolute atomic E-state index is 13.1. The van der Waals surface area contributed by atoms with Crippen LogP contribution in [0.3, 0.4) is 0 Å². The second-order valence-electron chi connectivity index (χ2n) is 8.04. The van der Waals surface area contributed by atoms with Crippen LogP contribution in [0.5, 0.6) is 5.75 Å². The SMILES string of the molecule is CCN(C)C(C(=O)NC1CCN(C(=O)Cc2ccccc2OC)CC1)c1ccccc1. The summed E-state index contributed by atoms with van der Waals surface area (Å²) in [4.78, 5) is 29.8. The molecule has 6 nitrogen and oxygen atoms in total. The van der Waals surface area contributed by atoms with Crippen molar-refractivity contribution in [2.75, 3.05) is 33.8 Å². The number of para-hydroxylation sites is 1. The molecule has 2 amide bonds. The minimum Gasteiger partial charge on any atom is -0.496 e. The monoisotopic (exact) mass is 423 g/mol. The molecule has 1 unspecified atom stereocenters. The number of piperidine rings is 1. The van der Waals surface area contributed by atoms with Gasteiger partial charge in [0.15, 0.2) is 0 Å². The second-order valence-corrected chi connectivity index (χ2v) is 8.04. The van der Waals surface area contributed by atoms with Crippen LogP contribution in [0.4, 0.5) is 0 Å². The summed E-state index contributed by atoms with van der Waals surface area (Å²) in [6, 6.07) is 17.3. The summed E-state index contributed by atoms with van der Waals surface area (Å²) in [6.07, 6.45) is 1.86. The Bertz CT molecular complexity index is 863. The predicted molar refractivity (Wildman–Crippen MR) is 122 cm³/mol. The van der Waals surface area contributed by atoms with E-state index in [1.807, 2.05) is 66.5 Å². The lowest BCUT2D eigenvalue weighted by Crippen LogP contribution is -2.49. The van der Waals surface area contributed by atoms with Crippen LogP contribution in [0, 0.1) is 0 Å². The summed E-state index contributed by atoms with van der Waals surface area (Å²) in [5.74, 6) is 0.863. The van der Waals surface area contributed by atoms with Crippen molar-refractivity contribution in [3.8, 4) is 5.75 Å². The second kappa shape index (κ2) is 11.0. The Kier molecular flexibility index (Phi) is 8.06. The third-order valence-corrected chi connectivity index (χ3v) is 6.03. The Balaban J connectivity index is 1.55. The van der Waals surface area contributed by atoms with Crippen LogP contribution in [-0.4, -0.2) is 61.4 Å². The van der Waals surface area contributed by atoms with Gasteiger partial charge in [0.2, 0.25) is 11.8 Å². The van der Waals surface area contributed by atoms with Crippen molar-refractivity contribution in [1.29, 1.82) is 0 Å². The zero-order valence-corrected chi connectivity index (χ0v) is 18.7. The van der Waals surface area contributed by atoms with Gasteiger partial charge in [0.1, 0.15) is 11.8 Å². The van der Waals surface area contributed by atoms with Crippen LogP contribution in [0.1, 0.15) is 36.9 Å². The Hall–Kier alpha value is -2.86. The first-order valence-corrected chi connectivity index (χ1v) is 11.0. The van der Waals surface area contributed by atoms with Gasteiger partial charge in [-0.3, -0.25) is 14.5 Å². The molecule has 0 saturated carbocycles. The molecule has 1 saturated heterocycles. The van der Waals surface area contributed by atoms with Gasteiger partial charge in [-0.1, -0.05) is 55.5 Å². The number of likely N-dealkylation sites (tertiary alicyclic amines) is 1. The van der Waals surface area contributed by atoms with Crippen molar-refractivity contribution in [3.63, 3.8) is 0 Å². The number of hydrogen-bond donors (Lipinski definition) is 1. The van der Waals surface area contributed by atoms with Crippen molar-refractivity contribution < 1.29 is 14.3 Å². The van der Waals surface area contributed by atoms with Gasteiger partial charge in [-0.05, 0) is 38.1 Å². The standard InChI is InChI=1S/C25H33N3O3/c1-4-27(2)24(19-10-6-5-7-11-19)25(30)26-21-14-16-28(17-15-21)23(29)18-20-12-8-9-13-22(20)31-3/h5-13,21,24H,4,14-18H2,1-3H3,(H,26,30). The number of rotatable bonds is 8. The van der Waals surface area contributed by atoms with Crippen LogP contribution < -0.4 is 10.1 Å². The minimum atomic E-state index is -0.309. The minimum absolute atomic E-state index is 0.0225. The number of nitrogens with one attached hydrogen (secondary N) is 1. The average Bonchev–Trinajstić information content (AvgIpc) is 2.80. The van der Waals surface area contributed by atoms with Gasteiger partial charge >= 0.3 is 0 Å². The smallest absolute Gasteiger partial charge is 0.242 e. The normalized spacial score (nSPS) is 15.5. The molecule has 0 bridgehead atoms. The maximum atomic E-state index is 13.1. The highest BCUT2D eigenvalue weighted by atomic mass is 16.5. The van der Waals surface area contributed by atoms with Crippen LogP contribution >= 0.6 is 0 Å². The molecule has 31 heavy (non-hydrogen) atoms. The van der Waals surface area contributed by atoms with Crippen molar-refractivity contribution in [2.45, 2.75) is 38.3 Å². The molecule has 1 aliphatic rings. The van der Waals surface area contributed by atoms with E-state index in [-0.39, 0.29) is 23.9 Å². The average molecular weight is 424 g/mol. The van der Waals surface area contributed by atoms with Gasteiger partial charge < -0.3 is 15.0 Å². The summed E-state index contributed by atoms with van der Waals surface area (Å²) in [6.45, 7) is 4.13. The van der Waals surface area contributed by atoms with Crippen molar-refractivity contribution >= 4 is 11.8 Å². The van der Waals surface area contributed by atoms with E-state index >= 15 is 0 Å². The molecule has 0 radical (unpaired) electrons. The van der Waals surface area contributed by atoms with Crippen molar-refractivity contribution in [2.24, 2.45) is 0 Å². The summed E-state index contributed by atoms with van der Waals surface area (Å²) >= 11 is 0. The molecule has 1 fully saturated rings.